The monoisotopic (exact) mass is 405 g/mol. The molecule has 1 spiro atoms. The summed E-state index contributed by atoms with van der Waals surface area (Å²) in [6.07, 6.45) is 17.8. The molecule has 1 aliphatic carbocycles. The van der Waals surface area contributed by atoms with Gasteiger partial charge in [0.1, 0.15) is 6.33 Å². The van der Waals surface area contributed by atoms with E-state index < -0.39 is 0 Å². The molecule has 148 valence electrons. The molecule has 5 heterocycles. The molecular formula is C21H23N7S. The molecule has 2 fully saturated rings. The zero-order valence-electron chi connectivity index (χ0n) is 16.2. The number of hydrogen-bond acceptors (Lipinski definition) is 6. The summed E-state index contributed by atoms with van der Waals surface area (Å²) in [5, 5.41) is 8.26. The van der Waals surface area contributed by atoms with Crippen molar-refractivity contribution in [1.29, 1.82) is 0 Å². The Bertz CT molecular complexity index is 1160. The van der Waals surface area contributed by atoms with Gasteiger partial charge in [-0.3, -0.25) is 8.80 Å². The number of anilines is 1. The molecule has 0 bridgehead atoms. The van der Waals surface area contributed by atoms with Crippen LogP contribution < -0.4 is 4.90 Å². The van der Waals surface area contributed by atoms with Gasteiger partial charge in [-0.15, -0.1) is 10.2 Å². The third-order valence-electron chi connectivity index (χ3n) is 6.65. The van der Waals surface area contributed by atoms with E-state index in [1.807, 2.05) is 35.3 Å². The predicted molar refractivity (Wildman–Crippen MR) is 112 cm³/mol. The highest BCUT2D eigenvalue weighted by molar-refractivity contribution is 7.99. The number of fused-ring (bicyclic) bond motifs is 2. The third-order valence-corrected chi connectivity index (χ3v) is 7.70. The van der Waals surface area contributed by atoms with Crippen LogP contribution >= 0.6 is 11.8 Å². The molecule has 1 saturated carbocycles. The summed E-state index contributed by atoms with van der Waals surface area (Å²) in [4.78, 5) is 14.0. The first-order chi connectivity index (χ1) is 14.3. The van der Waals surface area contributed by atoms with Crippen molar-refractivity contribution in [2.45, 2.75) is 48.3 Å². The number of rotatable bonds is 3. The largest absolute Gasteiger partial charge is 0.342 e. The molecule has 0 aromatic carbocycles. The third kappa shape index (κ3) is 2.88. The molecule has 1 aliphatic heterocycles. The van der Waals surface area contributed by atoms with Crippen molar-refractivity contribution in [3.63, 3.8) is 0 Å². The molecule has 4 aromatic heterocycles. The topological polar surface area (TPSA) is 63.6 Å². The average Bonchev–Trinajstić information content (AvgIpc) is 3.50. The predicted octanol–water partition coefficient (Wildman–Crippen LogP) is 4.08. The van der Waals surface area contributed by atoms with Gasteiger partial charge >= 0.3 is 0 Å². The lowest BCUT2D eigenvalue weighted by Gasteiger charge is -2.39. The molecule has 0 radical (unpaired) electrons. The van der Waals surface area contributed by atoms with Gasteiger partial charge in [-0.25, -0.2) is 9.97 Å². The van der Waals surface area contributed by atoms with Crippen LogP contribution in [0.2, 0.25) is 0 Å². The number of nitrogens with zero attached hydrogens (tertiary/aromatic N) is 7. The molecule has 0 N–H and O–H groups in total. The number of piperidine rings is 1. The molecule has 0 unspecified atom stereocenters. The van der Waals surface area contributed by atoms with E-state index in [0.29, 0.717) is 5.41 Å². The van der Waals surface area contributed by atoms with E-state index in [0.717, 1.165) is 40.1 Å². The van der Waals surface area contributed by atoms with Crippen LogP contribution in [0.25, 0.3) is 11.3 Å². The Morgan fingerprint density at radius 1 is 0.931 bits per heavy atom. The smallest absolute Gasteiger partial charge is 0.211 e. The zero-order chi connectivity index (χ0) is 19.3. The number of imidazole rings is 1. The second-order valence-corrected chi connectivity index (χ2v) is 9.36. The summed E-state index contributed by atoms with van der Waals surface area (Å²) in [5.74, 6) is 1.01. The minimum atomic E-state index is 0.608. The second kappa shape index (κ2) is 6.73. The Morgan fingerprint density at radius 2 is 1.79 bits per heavy atom. The maximum absolute atomic E-state index is 4.87. The van der Waals surface area contributed by atoms with Gasteiger partial charge in [-0.2, -0.15) is 0 Å². The molecule has 6 rings (SSSR count). The summed E-state index contributed by atoms with van der Waals surface area (Å²) in [7, 11) is 0. The van der Waals surface area contributed by atoms with Crippen LogP contribution in [0.1, 0.15) is 38.5 Å². The van der Waals surface area contributed by atoms with Crippen LogP contribution in [0.15, 0.2) is 53.0 Å². The van der Waals surface area contributed by atoms with Crippen LogP contribution in [0.5, 0.6) is 0 Å². The SMILES string of the molecule is c1cc(Sc2cnc(N3CCC4(CCCC4)CC3)n3ccnc23)c2nncn2c1. The zero-order valence-corrected chi connectivity index (χ0v) is 17.1. The van der Waals surface area contributed by atoms with Crippen molar-refractivity contribution in [3.05, 3.63) is 43.2 Å². The van der Waals surface area contributed by atoms with Gasteiger partial charge in [-0.05, 0) is 43.2 Å². The minimum absolute atomic E-state index is 0.608. The van der Waals surface area contributed by atoms with Gasteiger partial charge < -0.3 is 4.90 Å². The Kier molecular flexibility index (Phi) is 4.00. The summed E-state index contributed by atoms with van der Waals surface area (Å²) >= 11 is 1.64. The van der Waals surface area contributed by atoms with E-state index in [4.69, 9.17) is 4.98 Å². The Morgan fingerprint density at radius 3 is 2.66 bits per heavy atom. The van der Waals surface area contributed by atoms with Crippen LogP contribution in [0.4, 0.5) is 5.95 Å². The molecule has 29 heavy (non-hydrogen) atoms. The van der Waals surface area contributed by atoms with E-state index >= 15 is 0 Å². The van der Waals surface area contributed by atoms with Crippen LogP contribution in [-0.2, 0) is 0 Å². The first-order valence-electron chi connectivity index (χ1n) is 10.3. The Balaban J connectivity index is 1.31. The van der Waals surface area contributed by atoms with Crippen molar-refractivity contribution in [2.75, 3.05) is 18.0 Å². The van der Waals surface area contributed by atoms with Crippen LogP contribution in [0, 0.1) is 5.41 Å². The van der Waals surface area contributed by atoms with E-state index in [2.05, 4.69) is 30.5 Å². The van der Waals surface area contributed by atoms with Gasteiger partial charge in [0.15, 0.2) is 11.3 Å². The van der Waals surface area contributed by atoms with Crippen LogP contribution in [-0.4, -0.2) is 42.1 Å². The maximum Gasteiger partial charge on any atom is 0.211 e. The lowest BCUT2D eigenvalue weighted by Crippen LogP contribution is -2.40. The van der Waals surface area contributed by atoms with Gasteiger partial charge in [-0.1, -0.05) is 24.6 Å². The van der Waals surface area contributed by atoms with Gasteiger partial charge in [0.05, 0.1) is 9.79 Å². The normalized spacial score (nSPS) is 19.0. The van der Waals surface area contributed by atoms with Crippen molar-refractivity contribution < 1.29 is 0 Å². The van der Waals surface area contributed by atoms with E-state index in [9.17, 15) is 0 Å². The van der Waals surface area contributed by atoms with Gasteiger partial charge in [0, 0.05) is 37.9 Å². The van der Waals surface area contributed by atoms with Gasteiger partial charge in [0.2, 0.25) is 5.95 Å². The van der Waals surface area contributed by atoms with Crippen LogP contribution in [0.3, 0.4) is 0 Å². The lowest BCUT2D eigenvalue weighted by molar-refractivity contribution is 0.225. The first kappa shape index (κ1) is 17.3. The molecule has 2 aliphatic rings. The molecule has 0 amide bonds. The average molecular weight is 406 g/mol. The van der Waals surface area contributed by atoms with E-state index in [-0.39, 0.29) is 0 Å². The maximum atomic E-state index is 4.87. The molecule has 1 saturated heterocycles. The quantitative estimate of drug-likeness (QED) is 0.512. The number of pyridine rings is 1. The summed E-state index contributed by atoms with van der Waals surface area (Å²) in [5.41, 5.74) is 2.41. The van der Waals surface area contributed by atoms with E-state index in [1.54, 1.807) is 18.1 Å². The first-order valence-corrected chi connectivity index (χ1v) is 11.2. The van der Waals surface area contributed by atoms with Crippen molar-refractivity contribution in [1.82, 2.24) is 29.0 Å². The fourth-order valence-corrected chi connectivity index (χ4v) is 5.99. The number of aromatic nitrogens is 6. The Labute approximate surface area is 173 Å². The number of hydrogen-bond donors (Lipinski definition) is 0. The summed E-state index contributed by atoms with van der Waals surface area (Å²) in [6, 6.07) is 4.07. The Hall–Kier alpha value is -2.61. The van der Waals surface area contributed by atoms with Crippen molar-refractivity contribution in [3.8, 4) is 0 Å². The molecule has 8 heteroatoms. The molecule has 0 atom stereocenters. The highest BCUT2D eigenvalue weighted by atomic mass is 32.2. The summed E-state index contributed by atoms with van der Waals surface area (Å²) < 4.78 is 4.07. The van der Waals surface area contributed by atoms with Crippen molar-refractivity contribution in [2.24, 2.45) is 5.41 Å². The second-order valence-electron chi connectivity index (χ2n) is 8.27. The summed E-state index contributed by atoms with van der Waals surface area (Å²) in [6.45, 7) is 2.18. The molecule has 7 nitrogen and oxygen atoms in total. The molecule has 4 aromatic rings. The minimum Gasteiger partial charge on any atom is -0.342 e. The standard InChI is InChI=1S/C21H23N7S/c1-2-6-21(5-1)7-11-26(12-8-21)20-23-14-17(18-22-9-13-28(18)20)29-16-4-3-10-27-15-24-25-19(16)27/h3-4,9-10,13-15H,1-2,5-8,11-12H2. The van der Waals surface area contributed by atoms with Gasteiger partial charge in [0.25, 0.3) is 0 Å². The fourth-order valence-electron chi connectivity index (χ4n) is 5.02. The highest BCUT2D eigenvalue weighted by Gasteiger charge is 2.37. The van der Waals surface area contributed by atoms with Crippen molar-refractivity contribution >= 4 is 29.0 Å². The fraction of sp³-hybridized carbons (Fsp3) is 0.429. The lowest BCUT2D eigenvalue weighted by atomic mass is 9.77. The highest BCUT2D eigenvalue weighted by Crippen LogP contribution is 2.46. The van der Waals surface area contributed by atoms with E-state index in [1.165, 1.54) is 38.5 Å². The molecular weight excluding hydrogens is 382 g/mol.